The molecule has 0 unspecified atom stereocenters. The number of hydrogen-bond acceptors (Lipinski definition) is 4. The molecule has 0 heterocycles. The van der Waals surface area contributed by atoms with Gasteiger partial charge in [-0.15, -0.1) is 6.58 Å². The van der Waals surface area contributed by atoms with E-state index in [0.29, 0.717) is 13.2 Å². The lowest BCUT2D eigenvalue weighted by Gasteiger charge is -2.43. The number of nitrogens with zero attached hydrogens (tertiary/aromatic N) is 1. The zero-order valence-electron chi connectivity index (χ0n) is 21.0. The molecule has 0 fully saturated rings. The minimum absolute atomic E-state index is 0.0683. The summed E-state index contributed by atoms with van der Waals surface area (Å²) in [6.45, 7) is 27.2. The molecule has 0 aliphatic heterocycles. The van der Waals surface area contributed by atoms with Gasteiger partial charge in [-0.05, 0) is 41.8 Å². The van der Waals surface area contributed by atoms with Crippen LogP contribution in [0, 0.1) is 0 Å². The molecule has 0 aromatic heterocycles. The van der Waals surface area contributed by atoms with Crippen LogP contribution < -0.4 is 0 Å². The zero-order valence-corrected chi connectivity index (χ0v) is 23.0. The van der Waals surface area contributed by atoms with Crippen LogP contribution in [0.1, 0.15) is 47.1 Å². The molecule has 0 bridgehead atoms. The second-order valence-electron chi connectivity index (χ2n) is 11.3. The minimum atomic E-state index is -2.05. The fraction of sp³-hybridized carbons (Fsp3) is 0.667. The second-order valence-corrected chi connectivity index (χ2v) is 20.9. The third-order valence-electron chi connectivity index (χ3n) is 6.84. The monoisotopic (exact) mass is 451 g/mol. The van der Waals surface area contributed by atoms with Crippen molar-refractivity contribution in [3.05, 3.63) is 48.6 Å². The quantitative estimate of drug-likeness (QED) is 0.240. The first-order valence-electron chi connectivity index (χ1n) is 11.0. The van der Waals surface area contributed by atoms with Crippen molar-refractivity contribution in [1.82, 2.24) is 5.06 Å². The number of hydroxylamine groups is 2. The molecule has 1 aromatic carbocycles. The summed E-state index contributed by atoms with van der Waals surface area (Å²) in [7, 11) is -4.03. The highest BCUT2D eigenvalue weighted by molar-refractivity contribution is 6.74. The molecule has 4 nitrogen and oxygen atoms in total. The maximum absolute atomic E-state index is 11.1. The third-order valence-corrected chi connectivity index (χ3v) is 15.8. The van der Waals surface area contributed by atoms with Crippen molar-refractivity contribution in [1.29, 1.82) is 0 Å². The first-order valence-corrected chi connectivity index (χ1v) is 16.8. The lowest BCUT2D eigenvalue weighted by molar-refractivity contribution is -0.163. The molecule has 0 aliphatic carbocycles. The van der Waals surface area contributed by atoms with Crippen LogP contribution in [0.5, 0.6) is 0 Å². The third kappa shape index (κ3) is 7.43. The van der Waals surface area contributed by atoms with Gasteiger partial charge in [0.1, 0.15) is 0 Å². The average molecular weight is 452 g/mol. The highest BCUT2D eigenvalue weighted by Gasteiger charge is 2.43. The molecule has 30 heavy (non-hydrogen) atoms. The van der Waals surface area contributed by atoms with Gasteiger partial charge in [-0.25, -0.2) is 0 Å². The van der Waals surface area contributed by atoms with E-state index in [1.54, 1.807) is 0 Å². The van der Waals surface area contributed by atoms with Gasteiger partial charge >= 0.3 is 0 Å². The van der Waals surface area contributed by atoms with E-state index < -0.39 is 16.6 Å². The van der Waals surface area contributed by atoms with E-state index in [1.165, 1.54) is 5.06 Å². The maximum Gasteiger partial charge on any atom is 0.192 e. The molecule has 1 rings (SSSR count). The van der Waals surface area contributed by atoms with Gasteiger partial charge < -0.3 is 14.1 Å². The summed E-state index contributed by atoms with van der Waals surface area (Å²) >= 11 is 0. The number of benzene rings is 1. The Morgan fingerprint density at radius 2 is 1.47 bits per heavy atom. The second kappa shape index (κ2) is 10.2. The van der Waals surface area contributed by atoms with Gasteiger partial charge in [0.2, 0.25) is 0 Å². The Labute approximate surface area is 187 Å². The molecule has 172 valence electrons. The van der Waals surface area contributed by atoms with Crippen molar-refractivity contribution in [2.45, 2.75) is 96.5 Å². The molecule has 0 amide bonds. The van der Waals surface area contributed by atoms with E-state index in [4.69, 9.17) is 8.85 Å². The lowest BCUT2D eigenvalue weighted by atomic mass is 10.1. The van der Waals surface area contributed by atoms with Gasteiger partial charge in [0.05, 0.1) is 18.8 Å². The van der Waals surface area contributed by atoms with Crippen LogP contribution in [0.25, 0.3) is 0 Å². The largest absolute Gasteiger partial charge is 0.415 e. The van der Waals surface area contributed by atoms with Gasteiger partial charge in [-0.3, -0.25) is 0 Å². The molecule has 0 radical (unpaired) electrons. The van der Waals surface area contributed by atoms with Gasteiger partial charge in [0, 0.05) is 6.54 Å². The summed E-state index contributed by atoms with van der Waals surface area (Å²) < 4.78 is 13.2. The van der Waals surface area contributed by atoms with E-state index in [1.807, 2.05) is 36.4 Å². The first kappa shape index (κ1) is 27.3. The van der Waals surface area contributed by atoms with Crippen molar-refractivity contribution >= 4 is 16.6 Å². The molecule has 2 atom stereocenters. The lowest BCUT2D eigenvalue weighted by Crippen LogP contribution is -2.53. The Bertz CT molecular complexity index is 663. The van der Waals surface area contributed by atoms with Crippen molar-refractivity contribution in [3.63, 3.8) is 0 Å². The smallest absolute Gasteiger partial charge is 0.192 e. The van der Waals surface area contributed by atoms with E-state index in [2.05, 4.69) is 74.3 Å². The Morgan fingerprint density at radius 3 is 1.90 bits per heavy atom. The van der Waals surface area contributed by atoms with Crippen LogP contribution in [-0.4, -0.2) is 45.7 Å². The van der Waals surface area contributed by atoms with Crippen LogP contribution >= 0.6 is 0 Å². The van der Waals surface area contributed by atoms with Crippen molar-refractivity contribution in [3.8, 4) is 0 Å². The Kier molecular flexibility index (Phi) is 9.30. The van der Waals surface area contributed by atoms with Crippen molar-refractivity contribution < 1.29 is 14.1 Å². The standard InChI is InChI=1S/C24H45NO3Si2/c1-12-22(28-30(10,11)24(5,6)7)21(19-27-29(8,9)23(2,3)4)25(26)18-20-16-14-13-15-17-20/h12-17,21-22,26H,1,18-19H2,2-11H3/t21-,22+/m0/s1. The zero-order chi connectivity index (χ0) is 23.4. The van der Waals surface area contributed by atoms with Crippen LogP contribution in [0.15, 0.2) is 43.0 Å². The Morgan fingerprint density at radius 1 is 0.967 bits per heavy atom. The van der Waals surface area contributed by atoms with Crippen molar-refractivity contribution in [2.24, 2.45) is 0 Å². The van der Waals surface area contributed by atoms with Crippen LogP contribution in [0.4, 0.5) is 0 Å². The molecule has 0 aliphatic rings. The normalized spacial score (nSPS) is 15.9. The van der Waals surface area contributed by atoms with Gasteiger partial charge in [0.25, 0.3) is 0 Å². The van der Waals surface area contributed by atoms with E-state index in [0.717, 1.165) is 5.56 Å². The summed E-state index contributed by atoms with van der Waals surface area (Å²) in [6.07, 6.45) is 1.51. The molecule has 0 saturated carbocycles. The summed E-state index contributed by atoms with van der Waals surface area (Å²) in [4.78, 5) is 0. The molecule has 6 heteroatoms. The fourth-order valence-corrected chi connectivity index (χ4v) is 4.86. The number of hydrogen-bond donors (Lipinski definition) is 1. The summed E-state index contributed by atoms with van der Waals surface area (Å²) in [6, 6.07) is 9.67. The molecule has 0 saturated heterocycles. The first-order chi connectivity index (χ1) is 13.5. The summed E-state index contributed by atoms with van der Waals surface area (Å²) in [5, 5.41) is 12.7. The number of rotatable bonds is 10. The van der Waals surface area contributed by atoms with Gasteiger partial charge in [-0.1, -0.05) is 78.0 Å². The predicted octanol–water partition coefficient (Wildman–Crippen LogP) is 6.84. The fourth-order valence-electron chi connectivity index (χ4n) is 2.55. The predicted molar refractivity (Wildman–Crippen MR) is 133 cm³/mol. The topological polar surface area (TPSA) is 41.9 Å². The molecular formula is C24H45NO3Si2. The van der Waals surface area contributed by atoms with E-state index in [9.17, 15) is 5.21 Å². The van der Waals surface area contributed by atoms with Crippen LogP contribution in [-0.2, 0) is 15.4 Å². The van der Waals surface area contributed by atoms with Crippen LogP contribution in [0.2, 0.25) is 36.3 Å². The highest BCUT2D eigenvalue weighted by atomic mass is 28.4. The molecular weight excluding hydrogens is 406 g/mol. The highest BCUT2D eigenvalue weighted by Crippen LogP contribution is 2.39. The molecule has 0 spiro atoms. The molecule has 1 N–H and O–H groups in total. The van der Waals surface area contributed by atoms with E-state index in [-0.39, 0.29) is 22.2 Å². The van der Waals surface area contributed by atoms with E-state index >= 15 is 0 Å². The van der Waals surface area contributed by atoms with Gasteiger partial charge in [0.15, 0.2) is 16.6 Å². The van der Waals surface area contributed by atoms with Gasteiger partial charge in [-0.2, -0.15) is 5.06 Å². The molecule has 1 aromatic rings. The summed E-state index contributed by atoms with van der Waals surface area (Å²) in [5.41, 5.74) is 1.05. The Balaban J connectivity index is 3.15. The average Bonchev–Trinajstić information content (AvgIpc) is 2.59. The SMILES string of the molecule is C=C[C@@H](O[Si](C)(C)C(C)(C)C)[C@H](CO[Si](C)(C)C(C)(C)C)N(O)Cc1ccccc1. The van der Waals surface area contributed by atoms with Crippen molar-refractivity contribution in [2.75, 3.05) is 6.61 Å². The minimum Gasteiger partial charge on any atom is -0.415 e. The Hall–Kier alpha value is -0.766. The maximum atomic E-state index is 11.1. The summed E-state index contributed by atoms with van der Waals surface area (Å²) in [5.74, 6) is 0. The van der Waals surface area contributed by atoms with Crippen LogP contribution in [0.3, 0.4) is 0 Å².